The maximum atomic E-state index is 12.7. The van der Waals surface area contributed by atoms with Crippen LogP contribution in [0.5, 0.6) is 0 Å². The number of sulfonamides is 1. The van der Waals surface area contributed by atoms with Crippen molar-refractivity contribution in [3.05, 3.63) is 29.8 Å². The van der Waals surface area contributed by atoms with E-state index in [0.29, 0.717) is 37.0 Å². The maximum absolute atomic E-state index is 12.7. The zero-order valence-corrected chi connectivity index (χ0v) is 15.5. The Hall–Kier alpha value is -1.44. The maximum Gasteiger partial charge on any atom is 0.251 e. The number of nitrogens with two attached hydrogens (primary N) is 1. The average molecular weight is 365 g/mol. The first kappa shape index (κ1) is 18.4. The lowest BCUT2D eigenvalue weighted by atomic mass is 10.0. The summed E-state index contributed by atoms with van der Waals surface area (Å²) in [4.78, 5) is 12.4. The second-order valence-corrected chi connectivity index (χ2v) is 9.28. The van der Waals surface area contributed by atoms with Crippen molar-refractivity contribution >= 4 is 15.9 Å². The first-order chi connectivity index (χ1) is 11.9. The molecule has 0 aromatic heterocycles. The van der Waals surface area contributed by atoms with Gasteiger partial charge in [0.2, 0.25) is 10.0 Å². The Morgan fingerprint density at radius 2 is 1.96 bits per heavy atom. The molecule has 1 aromatic carbocycles. The van der Waals surface area contributed by atoms with Crippen molar-refractivity contribution < 1.29 is 13.2 Å². The van der Waals surface area contributed by atoms with Gasteiger partial charge in [-0.25, -0.2) is 8.42 Å². The van der Waals surface area contributed by atoms with Crippen LogP contribution in [-0.4, -0.2) is 44.3 Å². The molecular formula is C18H27N3O3S. The third kappa shape index (κ3) is 4.40. The summed E-state index contributed by atoms with van der Waals surface area (Å²) in [6.07, 6.45) is 4.23. The molecule has 6 nitrogen and oxygen atoms in total. The van der Waals surface area contributed by atoms with E-state index < -0.39 is 10.0 Å². The van der Waals surface area contributed by atoms with Gasteiger partial charge in [0, 0.05) is 31.2 Å². The smallest absolute Gasteiger partial charge is 0.251 e. The third-order valence-electron chi connectivity index (χ3n) is 5.10. The molecule has 0 radical (unpaired) electrons. The van der Waals surface area contributed by atoms with E-state index >= 15 is 0 Å². The van der Waals surface area contributed by atoms with E-state index in [1.54, 1.807) is 16.4 Å². The normalized spacial score (nSPS) is 23.2. The van der Waals surface area contributed by atoms with Crippen LogP contribution >= 0.6 is 0 Å². The summed E-state index contributed by atoms with van der Waals surface area (Å²) in [5.74, 6) is 0.690. The number of rotatable bonds is 6. The zero-order valence-electron chi connectivity index (χ0n) is 14.6. The molecule has 1 aliphatic carbocycles. The molecule has 3 rings (SSSR count). The molecule has 0 bridgehead atoms. The highest BCUT2D eigenvalue weighted by molar-refractivity contribution is 7.89. The molecule has 1 amide bonds. The number of piperidine rings is 1. The molecule has 2 unspecified atom stereocenters. The van der Waals surface area contributed by atoms with Gasteiger partial charge in [0.05, 0.1) is 4.90 Å². The fourth-order valence-electron chi connectivity index (χ4n) is 3.30. The molecule has 2 fully saturated rings. The van der Waals surface area contributed by atoms with E-state index in [-0.39, 0.29) is 16.8 Å². The van der Waals surface area contributed by atoms with Crippen LogP contribution in [-0.2, 0) is 10.0 Å². The molecule has 7 heteroatoms. The molecule has 1 saturated carbocycles. The predicted molar refractivity (Wildman–Crippen MR) is 96.6 cm³/mol. The molecule has 3 N–H and O–H groups in total. The number of carbonyl (C=O) groups excluding carboxylic acids is 1. The van der Waals surface area contributed by atoms with Crippen LogP contribution in [0.3, 0.4) is 0 Å². The van der Waals surface area contributed by atoms with Crippen LogP contribution in [0.1, 0.15) is 43.0 Å². The van der Waals surface area contributed by atoms with Crippen molar-refractivity contribution in [1.82, 2.24) is 9.62 Å². The Morgan fingerprint density at radius 1 is 1.28 bits per heavy atom. The van der Waals surface area contributed by atoms with Gasteiger partial charge in [-0.1, -0.05) is 6.92 Å². The Balaban J connectivity index is 1.63. The Labute approximate surface area is 149 Å². The predicted octanol–water partition coefficient (Wildman–Crippen LogP) is 1.57. The summed E-state index contributed by atoms with van der Waals surface area (Å²) in [7, 11) is -3.48. The van der Waals surface area contributed by atoms with Crippen LogP contribution in [0.4, 0.5) is 0 Å². The van der Waals surface area contributed by atoms with Crippen LogP contribution in [0.15, 0.2) is 29.2 Å². The van der Waals surface area contributed by atoms with Crippen molar-refractivity contribution in [1.29, 1.82) is 0 Å². The molecule has 1 aliphatic heterocycles. The third-order valence-corrected chi connectivity index (χ3v) is 6.98. The van der Waals surface area contributed by atoms with Crippen LogP contribution in [0, 0.1) is 11.8 Å². The second-order valence-electron chi connectivity index (χ2n) is 7.35. The summed E-state index contributed by atoms with van der Waals surface area (Å²) in [6.45, 7) is 3.65. The van der Waals surface area contributed by atoms with Gasteiger partial charge in [0.25, 0.3) is 5.91 Å². The Kier molecular flexibility index (Phi) is 5.46. The Bertz CT molecular complexity index is 714. The van der Waals surface area contributed by atoms with Crippen molar-refractivity contribution in [3.8, 4) is 0 Å². The second kappa shape index (κ2) is 7.43. The van der Waals surface area contributed by atoms with Gasteiger partial charge < -0.3 is 11.1 Å². The van der Waals surface area contributed by atoms with Crippen molar-refractivity contribution in [2.24, 2.45) is 17.6 Å². The van der Waals surface area contributed by atoms with E-state index in [9.17, 15) is 13.2 Å². The lowest BCUT2D eigenvalue weighted by Crippen LogP contribution is -2.39. The molecule has 0 spiro atoms. The highest BCUT2D eigenvalue weighted by atomic mass is 32.2. The fraction of sp³-hybridized carbons (Fsp3) is 0.611. The minimum Gasteiger partial charge on any atom is -0.350 e. The van der Waals surface area contributed by atoms with Gasteiger partial charge in [-0.05, 0) is 61.8 Å². The van der Waals surface area contributed by atoms with Gasteiger partial charge >= 0.3 is 0 Å². The average Bonchev–Trinajstić information content (AvgIpc) is 3.44. The van der Waals surface area contributed by atoms with E-state index in [4.69, 9.17) is 5.73 Å². The van der Waals surface area contributed by atoms with Crippen LogP contribution in [0.25, 0.3) is 0 Å². The first-order valence-electron chi connectivity index (χ1n) is 9.02. The number of hydrogen-bond donors (Lipinski definition) is 2. The lowest BCUT2D eigenvalue weighted by molar-refractivity contribution is 0.0950. The fourth-order valence-corrected chi connectivity index (χ4v) is 4.89. The van der Waals surface area contributed by atoms with Gasteiger partial charge in [0.15, 0.2) is 0 Å². The summed E-state index contributed by atoms with van der Waals surface area (Å²) in [6, 6.07) is 6.18. The lowest BCUT2D eigenvalue weighted by Gasteiger charge is -2.30. The number of nitrogens with zero attached hydrogens (tertiary/aromatic N) is 1. The van der Waals surface area contributed by atoms with Crippen LogP contribution in [0.2, 0.25) is 0 Å². The number of amides is 1. The SMILES string of the molecule is CC1CCCN(S(=O)(=O)c2ccc(C(=O)NCC(N)C3CC3)cc2)C1. The summed E-state index contributed by atoms with van der Waals surface area (Å²) < 4.78 is 27.0. The Morgan fingerprint density at radius 3 is 2.56 bits per heavy atom. The summed E-state index contributed by atoms with van der Waals surface area (Å²) >= 11 is 0. The van der Waals surface area contributed by atoms with E-state index in [2.05, 4.69) is 12.2 Å². The number of hydrogen-bond acceptors (Lipinski definition) is 4. The topological polar surface area (TPSA) is 92.5 Å². The highest BCUT2D eigenvalue weighted by Crippen LogP contribution is 2.31. The summed E-state index contributed by atoms with van der Waals surface area (Å²) in [5.41, 5.74) is 6.43. The summed E-state index contributed by atoms with van der Waals surface area (Å²) in [5, 5.41) is 2.82. The number of benzene rings is 1. The van der Waals surface area contributed by atoms with Gasteiger partial charge in [-0.2, -0.15) is 4.31 Å². The first-order valence-corrected chi connectivity index (χ1v) is 10.5. The minimum atomic E-state index is -3.48. The molecular weight excluding hydrogens is 338 g/mol. The van der Waals surface area contributed by atoms with Gasteiger partial charge in [0.1, 0.15) is 0 Å². The van der Waals surface area contributed by atoms with Crippen molar-refractivity contribution in [2.75, 3.05) is 19.6 Å². The molecule has 1 heterocycles. The van der Waals surface area contributed by atoms with E-state index in [0.717, 1.165) is 25.7 Å². The van der Waals surface area contributed by atoms with Crippen molar-refractivity contribution in [3.63, 3.8) is 0 Å². The molecule has 2 aliphatic rings. The van der Waals surface area contributed by atoms with Crippen LogP contribution < -0.4 is 11.1 Å². The minimum absolute atomic E-state index is 0.00434. The van der Waals surface area contributed by atoms with E-state index in [1.807, 2.05) is 0 Å². The zero-order chi connectivity index (χ0) is 18.0. The van der Waals surface area contributed by atoms with E-state index in [1.165, 1.54) is 12.1 Å². The monoisotopic (exact) mass is 365 g/mol. The highest BCUT2D eigenvalue weighted by Gasteiger charge is 2.29. The number of carbonyl (C=O) groups is 1. The number of nitrogens with one attached hydrogen (secondary N) is 1. The molecule has 25 heavy (non-hydrogen) atoms. The van der Waals surface area contributed by atoms with Gasteiger partial charge in [-0.15, -0.1) is 0 Å². The standard InChI is InChI=1S/C18H27N3O3S/c1-13-3-2-10-21(12-13)25(23,24)16-8-6-15(7-9-16)18(22)20-11-17(19)14-4-5-14/h6-9,13-14,17H,2-5,10-12,19H2,1H3,(H,20,22). The molecule has 2 atom stereocenters. The van der Waals surface area contributed by atoms with Gasteiger partial charge in [-0.3, -0.25) is 4.79 Å². The molecule has 1 aromatic rings. The quantitative estimate of drug-likeness (QED) is 0.800. The largest absolute Gasteiger partial charge is 0.350 e. The van der Waals surface area contributed by atoms with Crippen molar-refractivity contribution in [2.45, 2.75) is 43.5 Å². The molecule has 138 valence electrons. The molecule has 1 saturated heterocycles.